The zero-order chi connectivity index (χ0) is 9.45. The van der Waals surface area contributed by atoms with E-state index in [1.165, 1.54) is 7.11 Å². The minimum atomic E-state index is -1.39. The van der Waals surface area contributed by atoms with E-state index in [0.717, 1.165) is 0 Å². The van der Waals surface area contributed by atoms with Crippen LogP contribution in [0.2, 0.25) is 0 Å². The maximum atomic E-state index is 13.7. The minimum Gasteiger partial charge on any atom is -0.381 e. The first-order valence-electron chi connectivity index (χ1n) is 4.00. The molecule has 0 saturated carbocycles. The summed E-state index contributed by atoms with van der Waals surface area (Å²) in [6, 6.07) is 0. The summed E-state index contributed by atoms with van der Waals surface area (Å²) in [5.41, 5.74) is 3.88. The molecule has 0 spiro atoms. The van der Waals surface area contributed by atoms with E-state index in [1.807, 2.05) is 0 Å². The molecule has 0 fully saturated rings. The quantitative estimate of drug-likeness (QED) is 0.610. The third-order valence-corrected chi connectivity index (χ3v) is 1.65. The van der Waals surface area contributed by atoms with Gasteiger partial charge < -0.3 is 10.5 Å². The Hall–Kier alpha value is -0.590. The van der Waals surface area contributed by atoms with E-state index < -0.39 is 5.67 Å². The van der Waals surface area contributed by atoms with E-state index in [2.05, 4.69) is 5.92 Å². The molecule has 0 aliphatic rings. The lowest BCUT2D eigenvalue weighted by Crippen LogP contribution is -2.29. The van der Waals surface area contributed by atoms with Crippen LogP contribution in [0.5, 0.6) is 0 Å². The smallest absolute Gasteiger partial charge is 0.145 e. The Morgan fingerprint density at radius 2 is 2.33 bits per heavy atom. The SMILES string of the molecule is C#CCC(F)(CCCN)COC. The standard InChI is InChI=1S/C9H16FNO/c1-3-5-9(10,8-12-2)6-4-7-11/h1H,4-8,11H2,2H3. The highest BCUT2D eigenvalue weighted by atomic mass is 19.1. The Balaban J connectivity index is 3.91. The van der Waals surface area contributed by atoms with Gasteiger partial charge in [0.15, 0.2) is 0 Å². The van der Waals surface area contributed by atoms with Crippen LogP contribution in [0.4, 0.5) is 4.39 Å². The van der Waals surface area contributed by atoms with Gasteiger partial charge in [-0.1, -0.05) is 0 Å². The number of ether oxygens (including phenoxy) is 1. The highest BCUT2D eigenvalue weighted by Gasteiger charge is 2.27. The number of rotatable bonds is 6. The second-order valence-electron chi connectivity index (χ2n) is 2.86. The van der Waals surface area contributed by atoms with Gasteiger partial charge in [-0.15, -0.1) is 12.3 Å². The molecule has 3 heteroatoms. The van der Waals surface area contributed by atoms with Crippen LogP contribution < -0.4 is 5.73 Å². The fraction of sp³-hybridized carbons (Fsp3) is 0.778. The van der Waals surface area contributed by atoms with Gasteiger partial charge in [-0.2, -0.15) is 0 Å². The maximum absolute atomic E-state index is 13.7. The van der Waals surface area contributed by atoms with Crippen LogP contribution in [0.15, 0.2) is 0 Å². The average Bonchev–Trinajstić information content (AvgIpc) is 2.02. The lowest BCUT2D eigenvalue weighted by Gasteiger charge is -2.21. The number of terminal acetylenes is 1. The summed E-state index contributed by atoms with van der Waals surface area (Å²) in [6.45, 7) is 0.539. The lowest BCUT2D eigenvalue weighted by atomic mass is 9.97. The van der Waals surface area contributed by atoms with E-state index >= 15 is 0 Å². The normalized spacial score (nSPS) is 15.2. The summed E-state index contributed by atoms with van der Waals surface area (Å²) in [4.78, 5) is 0. The summed E-state index contributed by atoms with van der Waals surface area (Å²) in [7, 11) is 1.47. The molecule has 1 unspecified atom stereocenters. The van der Waals surface area contributed by atoms with Gasteiger partial charge in [0.1, 0.15) is 5.67 Å². The molecule has 2 N–H and O–H groups in total. The van der Waals surface area contributed by atoms with Gasteiger partial charge in [0.05, 0.1) is 6.61 Å². The van der Waals surface area contributed by atoms with E-state index in [0.29, 0.717) is 19.4 Å². The Morgan fingerprint density at radius 1 is 1.67 bits per heavy atom. The fourth-order valence-corrected chi connectivity index (χ4v) is 1.07. The predicted octanol–water partition coefficient (Wildman–Crippen LogP) is 1.10. The van der Waals surface area contributed by atoms with Crippen molar-refractivity contribution in [2.75, 3.05) is 20.3 Å². The van der Waals surface area contributed by atoms with Crippen molar-refractivity contribution in [3.63, 3.8) is 0 Å². The van der Waals surface area contributed by atoms with Crippen LogP contribution in [0.1, 0.15) is 19.3 Å². The molecule has 0 aromatic heterocycles. The van der Waals surface area contributed by atoms with Crippen LogP contribution in [-0.2, 0) is 4.74 Å². The molecule has 0 bridgehead atoms. The third kappa shape index (κ3) is 4.32. The molecule has 0 saturated heterocycles. The number of methoxy groups -OCH3 is 1. The molecule has 0 heterocycles. The zero-order valence-electron chi connectivity index (χ0n) is 7.48. The summed E-state index contributed by atoms with van der Waals surface area (Å²) in [5.74, 6) is 2.31. The molecule has 0 aromatic rings. The molecule has 0 aliphatic heterocycles. The number of hydrogen-bond acceptors (Lipinski definition) is 2. The second kappa shape index (κ2) is 5.99. The Bertz CT molecular complexity index is 155. The minimum absolute atomic E-state index is 0.0528. The zero-order valence-corrected chi connectivity index (χ0v) is 7.48. The first kappa shape index (κ1) is 11.4. The molecule has 2 nitrogen and oxygen atoms in total. The molecule has 0 aliphatic carbocycles. The van der Waals surface area contributed by atoms with Gasteiger partial charge in [-0.3, -0.25) is 0 Å². The topological polar surface area (TPSA) is 35.2 Å². The summed E-state index contributed by atoms with van der Waals surface area (Å²) in [6.07, 6.45) is 6.15. The van der Waals surface area contributed by atoms with Crippen LogP contribution in [-0.4, -0.2) is 25.9 Å². The van der Waals surface area contributed by atoms with Crippen LogP contribution in [0.25, 0.3) is 0 Å². The van der Waals surface area contributed by atoms with Crippen molar-refractivity contribution in [3.05, 3.63) is 0 Å². The van der Waals surface area contributed by atoms with Crippen molar-refractivity contribution in [3.8, 4) is 12.3 Å². The molecule has 0 rings (SSSR count). The Morgan fingerprint density at radius 3 is 2.75 bits per heavy atom. The largest absolute Gasteiger partial charge is 0.381 e. The second-order valence-corrected chi connectivity index (χ2v) is 2.86. The summed E-state index contributed by atoms with van der Waals surface area (Å²) < 4.78 is 18.4. The third-order valence-electron chi connectivity index (χ3n) is 1.65. The Kier molecular flexibility index (Phi) is 5.69. The van der Waals surface area contributed by atoms with Gasteiger partial charge >= 0.3 is 0 Å². The van der Waals surface area contributed by atoms with E-state index in [4.69, 9.17) is 16.9 Å². The van der Waals surface area contributed by atoms with Crippen molar-refractivity contribution < 1.29 is 9.13 Å². The molecule has 0 amide bonds. The molecule has 0 radical (unpaired) electrons. The molecule has 1 atom stereocenters. The summed E-state index contributed by atoms with van der Waals surface area (Å²) in [5, 5.41) is 0. The van der Waals surface area contributed by atoms with Crippen LogP contribution in [0.3, 0.4) is 0 Å². The molecule has 0 aromatic carbocycles. The van der Waals surface area contributed by atoms with Gasteiger partial charge in [0, 0.05) is 13.5 Å². The number of hydrogen-bond donors (Lipinski definition) is 1. The first-order chi connectivity index (χ1) is 5.68. The van der Waals surface area contributed by atoms with Gasteiger partial charge in [-0.05, 0) is 19.4 Å². The van der Waals surface area contributed by atoms with Gasteiger partial charge in [0.25, 0.3) is 0 Å². The molecular weight excluding hydrogens is 157 g/mol. The highest BCUT2D eigenvalue weighted by molar-refractivity contribution is 4.95. The molecule has 70 valence electrons. The van der Waals surface area contributed by atoms with E-state index in [9.17, 15) is 4.39 Å². The number of nitrogens with two attached hydrogens (primary N) is 1. The first-order valence-corrected chi connectivity index (χ1v) is 4.00. The van der Waals surface area contributed by atoms with Gasteiger partial charge in [-0.25, -0.2) is 4.39 Å². The fourth-order valence-electron chi connectivity index (χ4n) is 1.07. The predicted molar refractivity (Wildman–Crippen MR) is 47.5 cm³/mol. The van der Waals surface area contributed by atoms with Crippen LogP contribution >= 0.6 is 0 Å². The number of alkyl halides is 1. The van der Waals surface area contributed by atoms with Crippen LogP contribution in [0, 0.1) is 12.3 Å². The van der Waals surface area contributed by atoms with Crippen molar-refractivity contribution >= 4 is 0 Å². The van der Waals surface area contributed by atoms with E-state index in [1.54, 1.807) is 0 Å². The maximum Gasteiger partial charge on any atom is 0.145 e. The van der Waals surface area contributed by atoms with Gasteiger partial charge in [0.2, 0.25) is 0 Å². The number of halogens is 1. The lowest BCUT2D eigenvalue weighted by molar-refractivity contribution is 0.0370. The van der Waals surface area contributed by atoms with E-state index in [-0.39, 0.29) is 13.0 Å². The van der Waals surface area contributed by atoms with Crippen molar-refractivity contribution in [1.82, 2.24) is 0 Å². The monoisotopic (exact) mass is 173 g/mol. The van der Waals surface area contributed by atoms with Crippen molar-refractivity contribution in [1.29, 1.82) is 0 Å². The van der Waals surface area contributed by atoms with Crippen molar-refractivity contribution in [2.45, 2.75) is 24.9 Å². The molecular formula is C9H16FNO. The molecule has 12 heavy (non-hydrogen) atoms. The van der Waals surface area contributed by atoms with Crippen molar-refractivity contribution in [2.24, 2.45) is 5.73 Å². The average molecular weight is 173 g/mol. The Labute approximate surface area is 73.3 Å². The highest BCUT2D eigenvalue weighted by Crippen LogP contribution is 2.22. The summed E-state index contributed by atoms with van der Waals surface area (Å²) >= 11 is 0.